The van der Waals surface area contributed by atoms with Gasteiger partial charge in [0.25, 0.3) is 0 Å². The first-order valence-corrected chi connectivity index (χ1v) is 13.7. The minimum Gasteiger partial charge on any atom is -0.395 e. The second kappa shape index (κ2) is 12.9. The summed E-state index contributed by atoms with van der Waals surface area (Å²) < 4.78 is 0. The molecule has 0 aromatic heterocycles. The number of amides is 3. The number of nitrogens with one attached hydrogen (secondary N) is 2. The van der Waals surface area contributed by atoms with Gasteiger partial charge in [0.15, 0.2) is 0 Å². The third-order valence-corrected chi connectivity index (χ3v) is 6.91. The van der Waals surface area contributed by atoms with Crippen LogP contribution in [-0.2, 0) is 33.8 Å². The van der Waals surface area contributed by atoms with Crippen LogP contribution in [0.25, 0.3) is 11.1 Å². The molecule has 3 aromatic carbocycles. The molecule has 0 spiro atoms. The van der Waals surface area contributed by atoms with Gasteiger partial charge in [0.1, 0.15) is 6.04 Å². The summed E-state index contributed by atoms with van der Waals surface area (Å²) in [6.07, 6.45) is 1.54. The topological polar surface area (TPSA) is 125 Å². The average molecular weight is 543 g/mol. The lowest BCUT2D eigenvalue weighted by molar-refractivity contribution is -0.128. The van der Waals surface area contributed by atoms with Gasteiger partial charge in [-0.05, 0) is 60.6 Å². The molecule has 210 valence electrons. The standard InChI is InChI=1S/C32H38N4O4/c1-32(2,33)20-30(39)35-27-16-15-24-7-4-6-10-28(24)36(31(27)40)21-22-11-13-23(14-12-22)26-9-5-3-8-25(26)19-29(38)34-17-18-37/h3-14,27,37H,15-21,33H2,1-2H3,(H,34,38)(H,35,39)/t27-/m1/s1. The smallest absolute Gasteiger partial charge is 0.249 e. The van der Waals surface area contributed by atoms with E-state index in [1.807, 2.05) is 72.8 Å². The van der Waals surface area contributed by atoms with Crippen molar-refractivity contribution in [3.63, 3.8) is 0 Å². The van der Waals surface area contributed by atoms with Gasteiger partial charge in [-0.15, -0.1) is 0 Å². The van der Waals surface area contributed by atoms with Crippen molar-refractivity contribution in [1.29, 1.82) is 0 Å². The van der Waals surface area contributed by atoms with Gasteiger partial charge in [-0.2, -0.15) is 0 Å². The fraction of sp³-hybridized carbons (Fsp3) is 0.344. The zero-order valence-corrected chi connectivity index (χ0v) is 23.2. The Kier molecular flexibility index (Phi) is 9.34. The van der Waals surface area contributed by atoms with Crippen LogP contribution in [0.15, 0.2) is 72.8 Å². The molecule has 8 nitrogen and oxygen atoms in total. The van der Waals surface area contributed by atoms with Crippen molar-refractivity contribution >= 4 is 23.4 Å². The zero-order chi connectivity index (χ0) is 28.7. The fourth-order valence-electron chi connectivity index (χ4n) is 5.03. The minimum absolute atomic E-state index is 0.0994. The van der Waals surface area contributed by atoms with Crippen LogP contribution in [0.3, 0.4) is 0 Å². The number of aryl methyl sites for hydroxylation is 1. The third kappa shape index (κ3) is 7.55. The molecule has 8 heteroatoms. The number of carbonyl (C=O) groups is 3. The largest absolute Gasteiger partial charge is 0.395 e. The molecule has 5 N–H and O–H groups in total. The van der Waals surface area contributed by atoms with E-state index in [9.17, 15) is 14.4 Å². The number of nitrogens with zero attached hydrogens (tertiary/aromatic N) is 1. The number of nitrogens with two attached hydrogens (primary N) is 1. The van der Waals surface area contributed by atoms with Crippen LogP contribution in [0.4, 0.5) is 5.69 Å². The summed E-state index contributed by atoms with van der Waals surface area (Å²) in [6.45, 7) is 4.06. The molecule has 1 aliphatic rings. The van der Waals surface area contributed by atoms with Gasteiger partial charge >= 0.3 is 0 Å². The number of aliphatic hydroxyl groups is 1. The average Bonchev–Trinajstić information content (AvgIpc) is 3.04. The summed E-state index contributed by atoms with van der Waals surface area (Å²) in [5, 5.41) is 14.6. The molecule has 3 amide bonds. The first-order chi connectivity index (χ1) is 19.1. The summed E-state index contributed by atoms with van der Waals surface area (Å²) >= 11 is 0. The second-order valence-corrected chi connectivity index (χ2v) is 11.0. The second-order valence-electron chi connectivity index (χ2n) is 11.0. The fourth-order valence-corrected chi connectivity index (χ4v) is 5.03. The van der Waals surface area contributed by atoms with Crippen molar-refractivity contribution in [2.24, 2.45) is 5.73 Å². The zero-order valence-electron chi connectivity index (χ0n) is 23.2. The van der Waals surface area contributed by atoms with Crippen molar-refractivity contribution in [3.8, 4) is 11.1 Å². The Bertz CT molecular complexity index is 1350. The summed E-state index contributed by atoms with van der Waals surface area (Å²) in [4.78, 5) is 40.4. The lowest BCUT2D eigenvalue weighted by atomic mass is 9.96. The monoisotopic (exact) mass is 542 g/mol. The maximum absolute atomic E-state index is 13.8. The van der Waals surface area contributed by atoms with Crippen LogP contribution in [0.2, 0.25) is 0 Å². The van der Waals surface area contributed by atoms with E-state index in [0.717, 1.165) is 33.5 Å². The first kappa shape index (κ1) is 29.0. The molecule has 1 heterocycles. The molecule has 0 bridgehead atoms. The Labute approximate surface area is 235 Å². The van der Waals surface area contributed by atoms with Gasteiger partial charge < -0.3 is 26.4 Å². The molecular formula is C32H38N4O4. The molecule has 0 saturated heterocycles. The lowest BCUT2D eigenvalue weighted by Gasteiger charge is -2.27. The van der Waals surface area contributed by atoms with E-state index in [1.54, 1.807) is 18.7 Å². The van der Waals surface area contributed by atoms with Gasteiger partial charge in [-0.3, -0.25) is 14.4 Å². The number of fused-ring (bicyclic) bond motifs is 1. The maximum Gasteiger partial charge on any atom is 0.249 e. The molecule has 1 atom stereocenters. The van der Waals surface area contributed by atoms with Crippen LogP contribution in [0.1, 0.15) is 43.4 Å². The quantitative estimate of drug-likeness (QED) is 0.313. The summed E-state index contributed by atoms with van der Waals surface area (Å²) in [5.74, 6) is -0.519. The normalized spacial score (nSPS) is 15.2. The third-order valence-electron chi connectivity index (χ3n) is 6.91. The van der Waals surface area contributed by atoms with Crippen molar-refractivity contribution in [1.82, 2.24) is 10.6 Å². The van der Waals surface area contributed by atoms with E-state index in [1.165, 1.54) is 0 Å². The number of anilines is 1. The lowest BCUT2D eigenvalue weighted by Crippen LogP contribution is -2.49. The predicted octanol–water partition coefficient (Wildman–Crippen LogP) is 3.10. The number of hydrogen-bond donors (Lipinski definition) is 4. The van der Waals surface area contributed by atoms with Crippen molar-refractivity contribution in [2.45, 2.75) is 57.7 Å². The van der Waals surface area contributed by atoms with Gasteiger partial charge in [0, 0.05) is 24.2 Å². The molecule has 0 unspecified atom stereocenters. The highest BCUT2D eigenvalue weighted by molar-refractivity contribution is 6.00. The Morgan fingerprint density at radius 1 is 1.00 bits per heavy atom. The van der Waals surface area contributed by atoms with Crippen LogP contribution in [0.5, 0.6) is 0 Å². The highest BCUT2D eigenvalue weighted by Crippen LogP contribution is 2.30. The molecule has 4 rings (SSSR count). The van der Waals surface area contributed by atoms with Crippen molar-refractivity contribution in [2.75, 3.05) is 18.1 Å². The van der Waals surface area contributed by atoms with Gasteiger partial charge in [-0.1, -0.05) is 66.7 Å². The Hall–Kier alpha value is -4.01. The molecule has 0 aliphatic carbocycles. The summed E-state index contributed by atoms with van der Waals surface area (Å²) in [5.41, 5.74) is 11.0. The van der Waals surface area contributed by atoms with Crippen molar-refractivity contribution < 1.29 is 19.5 Å². The molecule has 3 aromatic rings. The SMILES string of the molecule is CC(C)(N)CC(=O)N[C@@H]1CCc2ccccc2N(Cc2ccc(-c3ccccc3CC(=O)NCCO)cc2)C1=O. The molecular weight excluding hydrogens is 504 g/mol. The highest BCUT2D eigenvalue weighted by atomic mass is 16.3. The molecule has 40 heavy (non-hydrogen) atoms. The molecule has 0 radical (unpaired) electrons. The predicted molar refractivity (Wildman–Crippen MR) is 156 cm³/mol. The number of hydrogen-bond acceptors (Lipinski definition) is 5. The van der Waals surface area contributed by atoms with E-state index in [2.05, 4.69) is 10.6 Å². The van der Waals surface area contributed by atoms with Crippen LogP contribution in [0, 0.1) is 0 Å². The number of carbonyl (C=O) groups excluding carboxylic acids is 3. The van der Waals surface area contributed by atoms with Crippen LogP contribution in [-0.4, -0.2) is 47.6 Å². The van der Waals surface area contributed by atoms with E-state index >= 15 is 0 Å². The first-order valence-electron chi connectivity index (χ1n) is 13.7. The van der Waals surface area contributed by atoms with Crippen LogP contribution >= 0.6 is 0 Å². The van der Waals surface area contributed by atoms with Crippen LogP contribution < -0.4 is 21.3 Å². The van der Waals surface area contributed by atoms with E-state index in [-0.39, 0.29) is 43.7 Å². The van der Waals surface area contributed by atoms with E-state index < -0.39 is 11.6 Å². The molecule has 0 saturated carbocycles. The summed E-state index contributed by atoms with van der Waals surface area (Å²) in [7, 11) is 0. The molecule has 1 aliphatic heterocycles. The van der Waals surface area contributed by atoms with Gasteiger partial charge in [-0.25, -0.2) is 0 Å². The van der Waals surface area contributed by atoms with Gasteiger partial charge in [0.05, 0.1) is 19.6 Å². The minimum atomic E-state index is -0.663. The van der Waals surface area contributed by atoms with E-state index in [4.69, 9.17) is 10.8 Å². The van der Waals surface area contributed by atoms with Gasteiger partial charge in [0.2, 0.25) is 17.7 Å². The molecule has 0 fully saturated rings. The number of aliphatic hydroxyl groups excluding tert-OH is 1. The Balaban J connectivity index is 1.55. The number of benzene rings is 3. The maximum atomic E-state index is 13.8. The van der Waals surface area contributed by atoms with E-state index in [0.29, 0.717) is 19.4 Å². The number of rotatable bonds is 10. The number of para-hydroxylation sites is 1. The highest BCUT2D eigenvalue weighted by Gasteiger charge is 2.32. The Morgan fingerprint density at radius 2 is 1.70 bits per heavy atom. The van der Waals surface area contributed by atoms with Crippen molar-refractivity contribution in [3.05, 3.63) is 89.5 Å². The Morgan fingerprint density at radius 3 is 2.42 bits per heavy atom. The summed E-state index contributed by atoms with van der Waals surface area (Å²) in [6, 6.07) is 22.9.